The first-order chi connectivity index (χ1) is 7.13. The van der Waals surface area contributed by atoms with Gasteiger partial charge in [-0.05, 0) is 30.2 Å². The van der Waals surface area contributed by atoms with Crippen LogP contribution in [0.15, 0.2) is 24.3 Å². The summed E-state index contributed by atoms with van der Waals surface area (Å²) in [7, 11) is 1.38. The van der Waals surface area contributed by atoms with E-state index in [2.05, 4.69) is 4.74 Å². The van der Waals surface area contributed by atoms with Gasteiger partial charge in [-0.15, -0.1) is 0 Å². The topological polar surface area (TPSA) is 26.3 Å². The van der Waals surface area contributed by atoms with Gasteiger partial charge in [-0.25, -0.2) is 0 Å². The van der Waals surface area contributed by atoms with Gasteiger partial charge >= 0.3 is 5.97 Å². The molecule has 0 radical (unpaired) electrons. The van der Waals surface area contributed by atoms with Gasteiger partial charge < -0.3 is 4.74 Å². The zero-order valence-corrected chi connectivity index (χ0v) is 9.54. The second-order valence-electron chi connectivity index (χ2n) is 3.18. The van der Waals surface area contributed by atoms with Gasteiger partial charge in [0.05, 0.1) is 13.5 Å². The molecule has 0 heterocycles. The van der Waals surface area contributed by atoms with Gasteiger partial charge in [0, 0.05) is 5.02 Å². The maximum absolute atomic E-state index is 10.9. The molecule has 0 atom stereocenters. The van der Waals surface area contributed by atoms with Gasteiger partial charge in [-0.2, -0.15) is 0 Å². The lowest BCUT2D eigenvalue weighted by Gasteiger charge is -2.00. The Morgan fingerprint density at radius 1 is 1.53 bits per heavy atom. The Labute approximate surface area is 94.5 Å². The molecular weight excluding hydrogens is 212 g/mol. The molecular formula is C12H13ClO2. The number of hydrogen-bond donors (Lipinski definition) is 0. The summed E-state index contributed by atoms with van der Waals surface area (Å²) < 4.78 is 4.53. The summed E-state index contributed by atoms with van der Waals surface area (Å²) >= 11 is 5.86. The molecule has 0 saturated carbocycles. The van der Waals surface area contributed by atoms with Gasteiger partial charge in [0.1, 0.15) is 0 Å². The summed E-state index contributed by atoms with van der Waals surface area (Å²) in [6, 6.07) is 5.65. The highest BCUT2D eigenvalue weighted by atomic mass is 35.5. The molecule has 0 saturated heterocycles. The van der Waals surface area contributed by atoms with Crippen molar-refractivity contribution in [2.24, 2.45) is 0 Å². The molecule has 0 aliphatic heterocycles. The number of carbonyl (C=O) groups is 1. The fourth-order valence-electron chi connectivity index (χ4n) is 1.16. The minimum atomic E-state index is -0.245. The summed E-state index contributed by atoms with van der Waals surface area (Å²) in [5.74, 6) is -0.245. The van der Waals surface area contributed by atoms with Crippen LogP contribution in [-0.4, -0.2) is 13.1 Å². The van der Waals surface area contributed by atoms with Crippen LogP contribution >= 0.6 is 11.6 Å². The van der Waals surface area contributed by atoms with E-state index in [0.717, 1.165) is 11.1 Å². The third-order valence-corrected chi connectivity index (χ3v) is 2.29. The molecule has 0 aliphatic carbocycles. The van der Waals surface area contributed by atoms with Crippen molar-refractivity contribution in [3.8, 4) is 0 Å². The third-order valence-electron chi connectivity index (χ3n) is 2.05. The van der Waals surface area contributed by atoms with Crippen molar-refractivity contribution < 1.29 is 9.53 Å². The molecule has 0 unspecified atom stereocenters. The predicted molar refractivity (Wildman–Crippen MR) is 61.9 cm³/mol. The number of rotatable bonds is 3. The average molecular weight is 225 g/mol. The van der Waals surface area contributed by atoms with E-state index in [1.54, 1.807) is 6.08 Å². The van der Waals surface area contributed by atoms with Crippen LogP contribution in [0.5, 0.6) is 0 Å². The summed E-state index contributed by atoms with van der Waals surface area (Å²) in [6.07, 6.45) is 3.92. The minimum Gasteiger partial charge on any atom is -0.469 e. The van der Waals surface area contributed by atoms with Crippen LogP contribution in [0.2, 0.25) is 5.02 Å². The quantitative estimate of drug-likeness (QED) is 0.737. The largest absolute Gasteiger partial charge is 0.469 e. The zero-order chi connectivity index (χ0) is 11.3. The van der Waals surface area contributed by atoms with Crippen molar-refractivity contribution in [2.45, 2.75) is 13.3 Å². The normalized spacial score (nSPS) is 10.6. The van der Waals surface area contributed by atoms with Crippen molar-refractivity contribution in [2.75, 3.05) is 7.11 Å². The van der Waals surface area contributed by atoms with E-state index in [1.807, 2.05) is 31.2 Å². The third kappa shape index (κ3) is 3.76. The van der Waals surface area contributed by atoms with Gasteiger partial charge in [0.2, 0.25) is 0 Å². The number of carbonyl (C=O) groups excluding carboxylic acids is 1. The zero-order valence-electron chi connectivity index (χ0n) is 8.79. The number of ether oxygens (including phenoxy) is 1. The number of methoxy groups -OCH3 is 1. The van der Waals surface area contributed by atoms with Gasteiger partial charge in [-0.3, -0.25) is 4.79 Å². The van der Waals surface area contributed by atoms with Crippen LogP contribution in [0.1, 0.15) is 17.5 Å². The number of esters is 1. The highest BCUT2D eigenvalue weighted by Crippen LogP contribution is 2.16. The van der Waals surface area contributed by atoms with Crippen molar-refractivity contribution in [3.05, 3.63) is 40.4 Å². The number of halogens is 1. The van der Waals surface area contributed by atoms with E-state index in [9.17, 15) is 4.79 Å². The molecule has 0 aromatic heterocycles. The monoisotopic (exact) mass is 224 g/mol. The van der Waals surface area contributed by atoms with Crippen molar-refractivity contribution in [3.63, 3.8) is 0 Å². The van der Waals surface area contributed by atoms with Gasteiger partial charge in [-0.1, -0.05) is 29.8 Å². The Morgan fingerprint density at radius 2 is 2.27 bits per heavy atom. The number of hydrogen-bond acceptors (Lipinski definition) is 2. The van der Waals surface area contributed by atoms with Crippen LogP contribution in [0, 0.1) is 6.92 Å². The summed E-state index contributed by atoms with van der Waals surface area (Å²) in [5, 5.41) is 0.693. The van der Waals surface area contributed by atoms with Crippen LogP contribution in [0.4, 0.5) is 0 Å². The first kappa shape index (κ1) is 11.8. The minimum absolute atomic E-state index is 0.245. The summed E-state index contributed by atoms with van der Waals surface area (Å²) in [5.41, 5.74) is 2.15. The molecule has 1 aromatic carbocycles. The second kappa shape index (κ2) is 5.56. The van der Waals surface area contributed by atoms with Crippen molar-refractivity contribution in [1.29, 1.82) is 0 Å². The fourth-order valence-corrected chi connectivity index (χ4v) is 1.34. The van der Waals surface area contributed by atoms with Crippen molar-refractivity contribution >= 4 is 23.6 Å². The molecule has 0 amide bonds. The molecule has 15 heavy (non-hydrogen) atoms. The molecule has 0 spiro atoms. The molecule has 0 aliphatic rings. The Morgan fingerprint density at radius 3 is 2.93 bits per heavy atom. The van der Waals surface area contributed by atoms with Crippen LogP contribution in [-0.2, 0) is 9.53 Å². The Balaban J connectivity index is 2.71. The van der Waals surface area contributed by atoms with Crippen molar-refractivity contribution in [1.82, 2.24) is 0 Å². The lowest BCUT2D eigenvalue weighted by Crippen LogP contribution is -1.96. The van der Waals surface area contributed by atoms with E-state index >= 15 is 0 Å². The maximum Gasteiger partial charge on any atom is 0.309 e. The van der Waals surface area contributed by atoms with Crippen LogP contribution in [0.3, 0.4) is 0 Å². The molecule has 0 bridgehead atoms. The van der Waals surface area contributed by atoms with Gasteiger partial charge in [0.25, 0.3) is 0 Å². The second-order valence-corrected chi connectivity index (χ2v) is 3.62. The SMILES string of the molecule is COC(=O)CC=Cc1cc(Cl)ccc1C. The summed E-state index contributed by atoms with van der Waals surface area (Å²) in [4.78, 5) is 10.9. The highest BCUT2D eigenvalue weighted by Gasteiger charge is 1.97. The molecule has 0 N–H and O–H groups in total. The molecule has 3 heteroatoms. The summed E-state index contributed by atoms with van der Waals surface area (Å²) in [6.45, 7) is 1.99. The van der Waals surface area contributed by atoms with E-state index in [-0.39, 0.29) is 12.4 Å². The Kier molecular flexibility index (Phi) is 4.37. The Hall–Kier alpha value is -1.28. The standard InChI is InChI=1S/C12H13ClO2/c1-9-6-7-11(13)8-10(9)4-3-5-12(14)15-2/h3-4,6-8H,5H2,1-2H3. The molecule has 1 aromatic rings. The molecule has 0 fully saturated rings. The first-order valence-electron chi connectivity index (χ1n) is 4.63. The van der Waals surface area contributed by atoms with Crippen LogP contribution in [0.25, 0.3) is 6.08 Å². The van der Waals surface area contributed by atoms with E-state index in [4.69, 9.17) is 11.6 Å². The Bertz CT molecular complexity index is 383. The van der Waals surface area contributed by atoms with E-state index in [1.165, 1.54) is 7.11 Å². The fraction of sp³-hybridized carbons (Fsp3) is 0.250. The maximum atomic E-state index is 10.9. The molecule has 2 nitrogen and oxygen atoms in total. The smallest absolute Gasteiger partial charge is 0.309 e. The lowest BCUT2D eigenvalue weighted by molar-refractivity contribution is -0.139. The lowest BCUT2D eigenvalue weighted by atomic mass is 10.1. The first-order valence-corrected chi connectivity index (χ1v) is 5.01. The number of benzene rings is 1. The van der Waals surface area contributed by atoms with Crippen LogP contribution < -0.4 is 0 Å². The van der Waals surface area contributed by atoms with E-state index in [0.29, 0.717) is 5.02 Å². The molecule has 80 valence electrons. The predicted octanol–water partition coefficient (Wildman–Crippen LogP) is 3.22. The number of aryl methyl sites for hydroxylation is 1. The van der Waals surface area contributed by atoms with E-state index < -0.39 is 0 Å². The average Bonchev–Trinajstić information content (AvgIpc) is 2.23. The molecule has 1 rings (SSSR count). The van der Waals surface area contributed by atoms with Gasteiger partial charge in [0.15, 0.2) is 0 Å². The highest BCUT2D eigenvalue weighted by molar-refractivity contribution is 6.30.